The number of rotatable bonds is 2. The fourth-order valence-corrected chi connectivity index (χ4v) is 3.00. The Morgan fingerprint density at radius 2 is 2.11 bits per heavy atom. The Labute approximate surface area is 111 Å². The van der Waals surface area contributed by atoms with Crippen LogP contribution < -0.4 is 4.90 Å². The zero-order valence-corrected chi connectivity index (χ0v) is 11.1. The Kier molecular flexibility index (Phi) is 2.99. The molecule has 0 radical (unpaired) electrons. The van der Waals surface area contributed by atoms with Gasteiger partial charge in [-0.1, -0.05) is 30.8 Å². The Hall–Kier alpha value is -1.49. The van der Waals surface area contributed by atoms with Crippen LogP contribution in [0.15, 0.2) is 29.3 Å². The van der Waals surface area contributed by atoms with Crippen molar-refractivity contribution in [3.8, 4) is 0 Å². The summed E-state index contributed by atoms with van der Waals surface area (Å²) < 4.78 is 0. The van der Waals surface area contributed by atoms with Crippen molar-refractivity contribution in [2.45, 2.75) is 13.3 Å². The second-order valence-electron chi connectivity index (χ2n) is 4.39. The van der Waals surface area contributed by atoms with Crippen molar-refractivity contribution in [2.75, 3.05) is 24.0 Å². The first kappa shape index (κ1) is 11.6. The molecule has 0 saturated carbocycles. The average molecular weight is 261 g/mol. The lowest BCUT2D eigenvalue weighted by Crippen LogP contribution is -2.45. The number of carbonyl (C=O) groups excluding carboxylic acids is 1. The number of aryl methyl sites for hydroxylation is 1. The van der Waals surface area contributed by atoms with Gasteiger partial charge >= 0.3 is 0 Å². The highest BCUT2D eigenvalue weighted by molar-refractivity contribution is 8.15. The number of amidine groups is 1. The van der Waals surface area contributed by atoms with Crippen LogP contribution in [0.1, 0.15) is 12.5 Å². The molecule has 0 N–H and O–H groups in total. The topological polar surface area (TPSA) is 35.9 Å². The van der Waals surface area contributed by atoms with Crippen LogP contribution in [0.25, 0.3) is 0 Å². The number of hydrogen-bond donors (Lipinski definition) is 0. The Bertz CT molecular complexity index is 497. The summed E-state index contributed by atoms with van der Waals surface area (Å²) in [4.78, 5) is 20.0. The highest BCUT2D eigenvalue weighted by Gasteiger charge is 2.32. The van der Waals surface area contributed by atoms with Crippen molar-refractivity contribution in [1.82, 2.24) is 4.90 Å². The fraction of sp³-hybridized carbons (Fsp3) is 0.385. The third-order valence-electron chi connectivity index (χ3n) is 3.26. The van der Waals surface area contributed by atoms with Crippen LogP contribution >= 0.6 is 11.8 Å². The van der Waals surface area contributed by atoms with Crippen LogP contribution in [-0.4, -0.2) is 35.1 Å². The maximum absolute atomic E-state index is 11.7. The minimum atomic E-state index is 0.161. The summed E-state index contributed by atoms with van der Waals surface area (Å²) in [5.74, 6) is 0.690. The minimum Gasteiger partial charge on any atom is -0.334 e. The van der Waals surface area contributed by atoms with Crippen LogP contribution in [0.3, 0.4) is 0 Å². The second-order valence-corrected chi connectivity index (χ2v) is 5.34. The van der Waals surface area contributed by atoms with Gasteiger partial charge in [0, 0.05) is 5.69 Å². The summed E-state index contributed by atoms with van der Waals surface area (Å²) in [6.45, 7) is 3.40. The number of amides is 1. The minimum absolute atomic E-state index is 0.161. The molecule has 0 aliphatic carbocycles. The molecule has 3 rings (SSSR count). The standard InChI is InChI=1S/C13H15N3OS/c1-2-10-3-5-11(6-4-10)15-8-14-13-16(9-15)12(17)7-18-13/h3-6H,2,7-9H2,1H3. The van der Waals surface area contributed by atoms with Crippen LogP contribution in [0.4, 0.5) is 5.69 Å². The van der Waals surface area contributed by atoms with E-state index in [1.165, 1.54) is 17.3 Å². The van der Waals surface area contributed by atoms with E-state index >= 15 is 0 Å². The summed E-state index contributed by atoms with van der Waals surface area (Å²) in [7, 11) is 0. The molecule has 5 heteroatoms. The van der Waals surface area contributed by atoms with E-state index in [1.807, 2.05) is 0 Å². The highest BCUT2D eigenvalue weighted by atomic mass is 32.2. The van der Waals surface area contributed by atoms with E-state index in [-0.39, 0.29) is 5.91 Å². The highest BCUT2D eigenvalue weighted by Crippen LogP contribution is 2.25. The molecule has 1 aromatic carbocycles. The van der Waals surface area contributed by atoms with Crippen LogP contribution in [0.2, 0.25) is 0 Å². The number of nitrogens with zero attached hydrogens (tertiary/aromatic N) is 3. The third kappa shape index (κ3) is 1.99. The fourth-order valence-electron chi connectivity index (χ4n) is 2.13. The number of aliphatic imine (C=N–C) groups is 1. The van der Waals surface area contributed by atoms with Gasteiger partial charge in [-0.3, -0.25) is 9.69 Å². The van der Waals surface area contributed by atoms with Crippen molar-refractivity contribution in [2.24, 2.45) is 4.99 Å². The summed E-state index contributed by atoms with van der Waals surface area (Å²) in [6.07, 6.45) is 1.05. The van der Waals surface area contributed by atoms with E-state index in [0.29, 0.717) is 19.1 Å². The predicted octanol–water partition coefficient (Wildman–Crippen LogP) is 1.92. The quantitative estimate of drug-likeness (QED) is 0.816. The molecule has 1 aromatic rings. The molecular formula is C13H15N3OS. The van der Waals surface area contributed by atoms with E-state index in [4.69, 9.17) is 0 Å². The molecule has 4 nitrogen and oxygen atoms in total. The molecule has 0 unspecified atom stereocenters. The van der Waals surface area contributed by atoms with Crippen LogP contribution in [-0.2, 0) is 11.2 Å². The first-order valence-electron chi connectivity index (χ1n) is 6.09. The van der Waals surface area contributed by atoms with Crippen molar-refractivity contribution >= 4 is 28.5 Å². The maximum Gasteiger partial charge on any atom is 0.240 e. The summed E-state index contributed by atoms with van der Waals surface area (Å²) in [5.41, 5.74) is 2.45. The molecule has 2 heterocycles. The van der Waals surface area contributed by atoms with Gasteiger partial charge in [-0.2, -0.15) is 0 Å². The van der Waals surface area contributed by atoms with Gasteiger partial charge < -0.3 is 4.90 Å². The Balaban J connectivity index is 1.80. The Morgan fingerprint density at radius 1 is 1.33 bits per heavy atom. The molecule has 0 bridgehead atoms. The number of anilines is 1. The monoisotopic (exact) mass is 261 g/mol. The van der Waals surface area contributed by atoms with Gasteiger partial charge in [-0.15, -0.1) is 0 Å². The van der Waals surface area contributed by atoms with Gasteiger partial charge in [0.25, 0.3) is 0 Å². The average Bonchev–Trinajstić information content (AvgIpc) is 2.80. The summed E-state index contributed by atoms with van der Waals surface area (Å²) >= 11 is 1.54. The molecular weight excluding hydrogens is 246 g/mol. The van der Waals surface area contributed by atoms with Crippen molar-refractivity contribution in [3.63, 3.8) is 0 Å². The lowest BCUT2D eigenvalue weighted by Gasteiger charge is -2.32. The van der Waals surface area contributed by atoms with Gasteiger partial charge in [-0.05, 0) is 24.1 Å². The number of carbonyl (C=O) groups is 1. The number of fused-ring (bicyclic) bond motifs is 1. The smallest absolute Gasteiger partial charge is 0.240 e. The van der Waals surface area contributed by atoms with Gasteiger partial charge in [0.1, 0.15) is 13.3 Å². The number of thioether (sulfide) groups is 1. The molecule has 2 aliphatic heterocycles. The molecule has 1 fully saturated rings. The number of hydrogen-bond acceptors (Lipinski definition) is 4. The molecule has 0 atom stereocenters. The third-order valence-corrected chi connectivity index (χ3v) is 4.25. The van der Waals surface area contributed by atoms with Crippen LogP contribution in [0.5, 0.6) is 0 Å². The van der Waals surface area contributed by atoms with Crippen molar-refractivity contribution < 1.29 is 4.79 Å². The van der Waals surface area contributed by atoms with Crippen LogP contribution in [0, 0.1) is 0 Å². The van der Waals surface area contributed by atoms with E-state index < -0.39 is 0 Å². The van der Waals surface area contributed by atoms with Crippen molar-refractivity contribution in [1.29, 1.82) is 0 Å². The van der Waals surface area contributed by atoms with Gasteiger partial charge in [0.2, 0.25) is 5.91 Å². The molecule has 2 aliphatic rings. The zero-order valence-electron chi connectivity index (χ0n) is 10.3. The second kappa shape index (κ2) is 4.65. The molecule has 18 heavy (non-hydrogen) atoms. The predicted molar refractivity (Wildman–Crippen MR) is 74.8 cm³/mol. The molecule has 0 spiro atoms. The normalized spacial score (nSPS) is 18.9. The molecule has 94 valence electrons. The zero-order chi connectivity index (χ0) is 12.5. The first-order valence-corrected chi connectivity index (χ1v) is 7.08. The molecule has 1 amide bonds. The largest absolute Gasteiger partial charge is 0.334 e. The van der Waals surface area contributed by atoms with E-state index in [2.05, 4.69) is 41.1 Å². The lowest BCUT2D eigenvalue weighted by atomic mass is 10.1. The Morgan fingerprint density at radius 3 is 2.83 bits per heavy atom. The summed E-state index contributed by atoms with van der Waals surface area (Å²) in [6, 6.07) is 8.48. The lowest BCUT2D eigenvalue weighted by molar-refractivity contribution is -0.124. The molecule has 1 saturated heterocycles. The van der Waals surface area contributed by atoms with Gasteiger partial charge in [0.15, 0.2) is 5.17 Å². The van der Waals surface area contributed by atoms with E-state index in [0.717, 1.165) is 17.3 Å². The summed E-state index contributed by atoms with van der Waals surface area (Å²) in [5, 5.41) is 0.876. The van der Waals surface area contributed by atoms with Gasteiger partial charge in [0.05, 0.1) is 5.75 Å². The first-order chi connectivity index (χ1) is 8.78. The maximum atomic E-state index is 11.7. The van der Waals surface area contributed by atoms with E-state index in [9.17, 15) is 4.79 Å². The van der Waals surface area contributed by atoms with E-state index in [1.54, 1.807) is 4.90 Å². The van der Waals surface area contributed by atoms with Crippen molar-refractivity contribution in [3.05, 3.63) is 29.8 Å². The SMILES string of the molecule is CCc1ccc(N2CN=C3SCC(=O)N3C2)cc1. The number of benzene rings is 1. The molecule has 0 aromatic heterocycles. The van der Waals surface area contributed by atoms with Gasteiger partial charge in [-0.25, -0.2) is 4.99 Å².